The van der Waals surface area contributed by atoms with E-state index in [1.54, 1.807) is 19.1 Å². The standard InChI is InChI=1S/C24H32N2O4S/c1-7-18-9-11-19(12-10-18)26(31(6,28)29)17(3)23(27)25-21-15-24(4,5)30-22-13-8-16(2)14-20(21)22/h8-14,17,21H,7,15H2,1-6H3,(H,25,27)/t17-,21+/m0/s1. The fourth-order valence-corrected chi connectivity index (χ4v) is 5.26. The number of fused-ring (bicyclic) bond motifs is 1. The summed E-state index contributed by atoms with van der Waals surface area (Å²) in [7, 11) is -3.66. The molecular formula is C24H32N2O4S. The minimum absolute atomic E-state index is 0.266. The molecule has 0 aromatic heterocycles. The summed E-state index contributed by atoms with van der Waals surface area (Å²) in [6.45, 7) is 9.61. The van der Waals surface area contributed by atoms with Crippen molar-refractivity contribution in [2.24, 2.45) is 0 Å². The van der Waals surface area contributed by atoms with Crippen molar-refractivity contribution in [3.8, 4) is 5.75 Å². The van der Waals surface area contributed by atoms with E-state index >= 15 is 0 Å². The summed E-state index contributed by atoms with van der Waals surface area (Å²) in [4.78, 5) is 13.2. The zero-order valence-electron chi connectivity index (χ0n) is 19.1. The first-order valence-corrected chi connectivity index (χ1v) is 12.4. The molecule has 0 bridgehead atoms. The van der Waals surface area contributed by atoms with Crippen LogP contribution in [0.1, 0.15) is 56.8 Å². The summed E-state index contributed by atoms with van der Waals surface area (Å²) in [6.07, 6.45) is 2.57. The van der Waals surface area contributed by atoms with Crippen molar-refractivity contribution in [3.05, 3.63) is 59.2 Å². The lowest BCUT2D eigenvalue weighted by molar-refractivity contribution is -0.123. The van der Waals surface area contributed by atoms with Gasteiger partial charge in [0.25, 0.3) is 0 Å². The maximum atomic E-state index is 13.2. The Balaban J connectivity index is 1.89. The zero-order chi connectivity index (χ0) is 23.0. The first-order valence-electron chi connectivity index (χ1n) is 10.6. The van der Waals surface area contributed by atoms with Crippen LogP contribution in [0.4, 0.5) is 5.69 Å². The van der Waals surface area contributed by atoms with Crippen LogP contribution in [-0.4, -0.2) is 32.2 Å². The van der Waals surface area contributed by atoms with E-state index in [2.05, 4.69) is 5.32 Å². The molecule has 0 radical (unpaired) electrons. The van der Waals surface area contributed by atoms with Gasteiger partial charge in [0.2, 0.25) is 15.9 Å². The van der Waals surface area contributed by atoms with Gasteiger partial charge < -0.3 is 10.1 Å². The van der Waals surface area contributed by atoms with E-state index < -0.39 is 21.7 Å². The Hall–Kier alpha value is -2.54. The van der Waals surface area contributed by atoms with Crippen molar-refractivity contribution >= 4 is 21.6 Å². The van der Waals surface area contributed by atoms with Gasteiger partial charge in [-0.25, -0.2) is 8.42 Å². The van der Waals surface area contributed by atoms with Gasteiger partial charge in [-0.3, -0.25) is 9.10 Å². The topological polar surface area (TPSA) is 75.7 Å². The highest BCUT2D eigenvalue weighted by molar-refractivity contribution is 7.92. The molecule has 31 heavy (non-hydrogen) atoms. The average Bonchev–Trinajstić information content (AvgIpc) is 2.67. The molecule has 3 rings (SSSR count). The summed E-state index contributed by atoms with van der Waals surface area (Å²) in [5.74, 6) is 0.398. The van der Waals surface area contributed by atoms with Crippen LogP contribution in [0.2, 0.25) is 0 Å². The van der Waals surface area contributed by atoms with Gasteiger partial charge in [-0.1, -0.05) is 36.8 Å². The van der Waals surface area contributed by atoms with E-state index in [-0.39, 0.29) is 11.9 Å². The molecule has 168 valence electrons. The van der Waals surface area contributed by atoms with Crippen LogP contribution >= 0.6 is 0 Å². The molecule has 0 fully saturated rings. The second kappa shape index (κ2) is 8.54. The van der Waals surface area contributed by atoms with Crippen molar-refractivity contribution in [1.82, 2.24) is 5.32 Å². The van der Waals surface area contributed by atoms with Crippen LogP contribution in [0.5, 0.6) is 5.75 Å². The number of nitrogens with one attached hydrogen (secondary N) is 1. The van der Waals surface area contributed by atoms with E-state index in [4.69, 9.17) is 4.74 Å². The molecule has 2 aromatic rings. The van der Waals surface area contributed by atoms with Crippen LogP contribution in [0.15, 0.2) is 42.5 Å². The number of ether oxygens (including phenoxy) is 1. The Bertz CT molecular complexity index is 1060. The largest absolute Gasteiger partial charge is 0.487 e. The molecule has 2 aromatic carbocycles. The van der Waals surface area contributed by atoms with E-state index in [1.165, 1.54) is 4.31 Å². The van der Waals surface area contributed by atoms with Crippen molar-refractivity contribution in [2.75, 3.05) is 10.6 Å². The summed E-state index contributed by atoms with van der Waals surface area (Å²) >= 11 is 0. The second-order valence-electron chi connectivity index (χ2n) is 8.92. The summed E-state index contributed by atoms with van der Waals surface area (Å²) in [5.41, 5.74) is 3.12. The number of nitrogens with zero attached hydrogens (tertiary/aromatic N) is 1. The lowest BCUT2D eigenvalue weighted by Crippen LogP contribution is -2.50. The average molecular weight is 445 g/mol. The SMILES string of the molecule is CCc1ccc(N([C@@H](C)C(=O)N[C@@H]2CC(C)(C)Oc3ccc(C)cc32)S(C)(=O)=O)cc1. The number of hydrogen-bond acceptors (Lipinski definition) is 4. The fourth-order valence-electron chi connectivity index (χ4n) is 4.08. The number of carbonyl (C=O) groups is 1. The molecule has 1 aliphatic rings. The van der Waals surface area contributed by atoms with Gasteiger partial charge in [0.15, 0.2) is 0 Å². The molecule has 6 nitrogen and oxygen atoms in total. The number of anilines is 1. The van der Waals surface area contributed by atoms with Gasteiger partial charge in [-0.2, -0.15) is 0 Å². The van der Waals surface area contributed by atoms with Crippen LogP contribution in [0, 0.1) is 6.92 Å². The lowest BCUT2D eigenvalue weighted by Gasteiger charge is -2.39. The number of hydrogen-bond donors (Lipinski definition) is 1. The molecule has 1 amide bonds. The van der Waals surface area contributed by atoms with Crippen LogP contribution < -0.4 is 14.4 Å². The molecule has 1 aliphatic heterocycles. The van der Waals surface area contributed by atoms with Gasteiger partial charge in [0.1, 0.15) is 17.4 Å². The third kappa shape index (κ3) is 5.21. The number of benzene rings is 2. The Labute approximate surface area is 185 Å². The minimum atomic E-state index is -3.66. The molecule has 0 aliphatic carbocycles. The van der Waals surface area contributed by atoms with E-state index in [9.17, 15) is 13.2 Å². The summed E-state index contributed by atoms with van der Waals surface area (Å²) in [5, 5.41) is 3.08. The lowest BCUT2D eigenvalue weighted by atomic mass is 9.89. The quantitative estimate of drug-likeness (QED) is 0.727. The highest BCUT2D eigenvalue weighted by atomic mass is 32.2. The van der Waals surface area contributed by atoms with Gasteiger partial charge in [0.05, 0.1) is 18.0 Å². The molecule has 1 heterocycles. The number of carbonyl (C=O) groups excluding carboxylic acids is 1. The third-order valence-corrected chi connectivity index (χ3v) is 6.87. The maximum absolute atomic E-state index is 13.2. The predicted octanol–water partition coefficient (Wildman–Crippen LogP) is 4.13. The Morgan fingerprint density at radius 3 is 2.45 bits per heavy atom. The van der Waals surface area contributed by atoms with E-state index in [1.807, 2.05) is 58.0 Å². The van der Waals surface area contributed by atoms with Crippen molar-refractivity contribution in [2.45, 2.75) is 65.1 Å². The normalized spacial score (nSPS) is 18.5. The van der Waals surface area contributed by atoms with Crippen molar-refractivity contribution in [1.29, 1.82) is 0 Å². The van der Waals surface area contributed by atoms with Crippen molar-refractivity contribution < 1.29 is 17.9 Å². The molecule has 0 saturated carbocycles. The zero-order valence-corrected chi connectivity index (χ0v) is 19.9. The third-order valence-electron chi connectivity index (χ3n) is 5.63. The minimum Gasteiger partial charge on any atom is -0.487 e. The molecular weight excluding hydrogens is 412 g/mol. The number of rotatable bonds is 6. The molecule has 0 unspecified atom stereocenters. The first kappa shape index (κ1) is 23.1. The number of aryl methyl sites for hydroxylation is 2. The molecule has 2 atom stereocenters. The van der Waals surface area contributed by atoms with Gasteiger partial charge in [0, 0.05) is 12.0 Å². The fraction of sp³-hybridized carbons (Fsp3) is 0.458. The van der Waals surface area contributed by atoms with Crippen LogP contribution in [0.3, 0.4) is 0 Å². The predicted molar refractivity (Wildman–Crippen MR) is 124 cm³/mol. The molecule has 0 spiro atoms. The van der Waals surface area contributed by atoms with Gasteiger partial charge >= 0.3 is 0 Å². The van der Waals surface area contributed by atoms with Crippen LogP contribution in [0.25, 0.3) is 0 Å². The number of sulfonamides is 1. The van der Waals surface area contributed by atoms with Gasteiger partial charge in [-0.15, -0.1) is 0 Å². The van der Waals surface area contributed by atoms with E-state index in [0.717, 1.165) is 35.1 Å². The Morgan fingerprint density at radius 2 is 1.87 bits per heavy atom. The highest BCUT2D eigenvalue weighted by Gasteiger charge is 2.37. The molecule has 1 N–H and O–H groups in total. The smallest absolute Gasteiger partial charge is 0.244 e. The molecule has 0 saturated heterocycles. The van der Waals surface area contributed by atoms with Crippen molar-refractivity contribution in [3.63, 3.8) is 0 Å². The first-order chi connectivity index (χ1) is 14.4. The maximum Gasteiger partial charge on any atom is 0.244 e. The monoisotopic (exact) mass is 444 g/mol. The second-order valence-corrected chi connectivity index (χ2v) is 10.8. The Kier molecular flexibility index (Phi) is 6.37. The van der Waals surface area contributed by atoms with E-state index in [0.29, 0.717) is 12.1 Å². The molecule has 7 heteroatoms. The highest BCUT2D eigenvalue weighted by Crippen LogP contribution is 2.40. The van der Waals surface area contributed by atoms with Crippen LogP contribution in [-0.2, 0) is 21.2 Å². The number of amides is 1. The summed E-state index contributed by atoms with van der Waals surface area (Å²) < 4.78 is 32.5. The Morgan fingerprint density at radius 1 is 1.23 bits per heavy atom. The van der Waals surface area contributed by atoms with Gasteiger partial charge in [-0.05, 0) is 57.9 Å². The summed E-state index contributed by atoms with van der Waals surface area (Å²) in [6, 6.07) is 12.0.